The Kier molecular flexibility index (Phi) is 7.05. The van der Waals surface area contributed by atoms with Gasteiger partial charge in [-0.05, 0) is 0 Å². The van der Waals surface area contributed by atoms with Crippen LogP contribution in [0, 0.1) is 5.92 Å². The number of nitrogens with two attached hydrogens (primary N) is 2. The van der Waals surface area contributed by atoms with Crippen LogP contribution in [0.25, 0.3) is 0 Å². The molecule has 0 aromatic heterocycles. The van der Waals surface area contributed by atoms with Crippen molar-refractivity contribution in [2.75, 3.05) is 13.1 Å². The first kappa shape index (κ1) is 20.7. The van der Waals surface area contributed by atoms with E-state index in [9.17, 15) is 29.4 Å². The molecule has 132 valence electrons. The number of aliphatic hydroxyl groups is 2. The summed E-state index contributed by atoms with van der Waals surface area (Å²) < 4.78 is 0. The third kappa shape index (κ3) is 5.14. The zero-order chi connectivity index (χ0) is 18.4. The van der Waals surface area contributed by atoms with E-state index in [1.54, 1.807) is 10.6 Å². The quantitative estimate of drug-likeness (QED) is 0.189. The van der Waals surface area contributed by atoms with Crippen molar-refractivity contribution in [3.63, 3.8) is 0 Å². The molecule has 0 saturated carbocycles. The molecule has 0 aliphatic heterocycles. The molecule has 0 aromatic carbocycles. The number of carbonyl (C=O) groups excluding carboxylic acids is 2. The molecular formula is C11H20N4O8. The molecule has 0 aliphatic carbocycles. The lowest BCUT2D eigenvalue weighted by Gasteiger charge is -2.35. The van der Waals surface area contributed by atoms with Crippen molar-refractivity contribution in [2.24, 2.45) is 17.4 Å². The lowest BCUT2D eigenvalue weighted by molar-refractivity contribution is -0.182. The second-order valence-corrected chi connectivity index (χ2v) is 4.85. The van der Waals surface area contributed by atoms with E-state index in [0.717, 1.165) is 6.92 Å². The third-order valence-corrected chi connectivity index (χ3v) is 3.04. The average Bonchev–Trinajstić information content (AvgIpc) is 2.45. The molecule has 3 unspecified atom stereocenters. The van der Waals surface area contributed by atoms with Crippen LogP contribution in [0.3, 0.4) is 0 Å². The average molecular weight is 336 g/mol. The van der Waals surface area contributed by atoms with Crippen LogP contribution in [0.15, 0.2) is 0 Å². The molecule has 0 rings (SSSR count). The van der Waals surface area contributed by atoms with E-state index >= 15 is 0 Å². The fourth-order valence-electron chi connectivity index (χ4n) is 1.72. The summed E-state index contributed by atoms with van der Waals surface area (Å²) in [5, 5.41) is 41.5. The summed E-state index contributed by atoms with van der Waals surface area (Å²) in [4.78, 5) is 44.8. The van der Waals surface area contributed by atoms with Crippen LogP contribution in [0.2, 0.25) is 0 Å². The van der Waals surface area contributed by atoms with Crippen molar-refractivity contribution in [3.05, 3.63) is 0 Å². The van der Waals surface area contributed by atoms with E-state index < -0.39 is 60.6 Å². The van der Waals surface area contributed by atoms with Crippen molar-refractivity contribution < 1.29 is 39.6 Å². The van der Waals surface area contributed by atoms with Crippen LogP contribution >= 0.6 is 0 Å². The number of aliphatic carboxylic acids is 2. The highest BCUT2D eigenvalue weighted by atomic mass is 16.4. The normalized spacial score (nSPS) is 17.3. The number of amides is 2. The van der Waals surface area contributed by atoms with Gasteiger partial charge in [-0.2, -0.15) is 0 Å². The van der Waals surface area contributed by atoms with Gasteiger partial charge in [0.25, 0.3) is 0 Å². The Morgan fingerprint density at radius 2 is 1.39 bits per heavy atom. The topological polar surface area (TPSA) is 225 Å². The van der Waals surface area contributed by atoms with Gasteiger partial charge >= 0.3 is 11.9 Å². The van der Waals surface area contributed by atoms with Crippen molar-refractivity contribution in [1.29, 1.82) is 0 Å². The lowest BCUT2D eigenvalue weighted by atomic mass is 9.88. The molecule has 0 saturated heterocycles. The van der Waals surface area contributed by atoms with Crippen molar-refractivity contribution in [2.45, 2.75) is 24.8 Å². The van der Waals surface area contributed by atoms with Crippen LogP contribution < -0.4 is 22.1 Å². The van der Waals surface area contributed by atoms with Crippen LogP contribution in [0.5, 0.6) is 0 Å². The third-order valence-electron chi connectivity index (χ3n) is 3.04. The summed E-state index contributed by atoms with van der Waals surface area (Å²) >= 11 is 0. The van der Waals surface area contributed by atoms with E-state index in [2.05, 4.69) is 0 Å². The number of carboxylic acids is 2. The summed E-state index contributed by atoms with van der Waals surface area (Å²) in [6.45, 7) is -0.208. The molecule has 0 radical (unpaired) electrons. The molecule has 3 atom stereocenters. The van der Waals surface area contributed by atoms with E-state index in [1.165, 1.54) is 0 Å². The molecular weight excluding hydrogens is 316 g/mol. The van der Waals surface area contributed by atoms with Crippen molar-refractivity contribution in [1.82, 2.24) is 10.6 Å². The molecule has 0 fully saturated rings. The van der Waals surface area contributed by atoms with E-state index in [0.29, 0.717) is 0 Å². The molecule has 0 aliphatic rings. The highest BCUT2D eigenvalue weighted by molar-refractivity contribution is 5.88. The van der Waals surface area contributed by atoms with Gasteiger partial charge in [0.15, 0.2) is 0 Å². The Morgan fingerprint density at radius 1 is 0.957 bits per heavy atom. The predicted molar refractivity (Wildman–Crippen MR) is 73.3 cm³/mol. The second kappa shape index (κ2) is 7.82. The summed E-state index contributed by atoms with van der Waals surface area (Å²) in [5.74, 6) is -7.37. The number of carbonyl (C=O) groups is 4. The molecule has 10 N–H and O–H groups in total. The smallest absolute Gasteiger partial charge is 0.357 e. The van der Waals surface area contributed by atoms with Crippen molar-refractivity contribution >= 4 is 23.8 Å². The fourth-order valence-corrected chi connectivity index (χ4v) is 1.72. The summed E-state index contributed by atoms with van der Waals surface area (Å²) in [6, 6.07) is 0. The first-order valence-electron chi connectivity index (χ1n) is 6.36. The Labute approximate surface area is 130 Å². The minimum Gasteiger partial charge on any atom is -0.478 e. The minimum absolute atomic E-state index is 0.628. The maximum atomic E-state index is 11.2. The maximum Gasteiger partial charge on any atom is 0.357 e. The Bertz CT molecular complexity index is 498. The van der Waals surface area contributed by atoms with Crippen LogP contribution in [-0.4, -0.2) is 68.7 Å². The molecule has 0 spiro atoms. The monoisotopic (exact) mass is 336 g/mol. The molecule has 12 nitrogen and oxygen atoms in total. The maximum absolute atomic E-state index is 11.2. The Morgan fingerprint density at radius 3 is 1.74 bits per heavy atom. The van der Waals surface area contributed by atoms with Crippen molar-refractivity contribution in [3.8, 4) is 0 Å². The van der Waals surface area contributed by atoms with Crippen LogP contribution in [-0.2, 0) is 19.2 Å². The molecule has 2 amide bonds. The molecule has 0 aromatic rings. The predicted octanol–water partition coefficient (Wildman–Crippen LogP) is -4.29. The van der Waals surface area contributed by atoms with E-state index in [4.69, 9.17) is 21.7 Å². The van der Waals surface area contributed by atoms with Gasteiger partial charge in [-0.1, -0.05) is 6.92 Å². The minimum atomic E-state index is -2.91. The van der Waals surface area contributed by atoms with Gasteiger partial charge in [0, 0.05) is 12.3 Å². The van der Waals surface area contributed by atoms with Crippen LogP contribution in [0.1, 0.15) is 13.3 Å². The number of carboxylic acid groups (broad SMARTS) is 2. The number of rotatable bonds is 9. The first-order valence-corrected chi connectivity index (χ1v) is 6.36. The number of hydrogen-bond donors (Lipinski definition) is 8. The SMILES string of the molecule is CC(CC(O)(NC(=O)CN)C(=O)O)C(O)(NC(=O)CN)C(=O)O. The lowest BCUT2D eigenvalue weighted by Crippen LogP contribution is -2.64. The zero-order valence-corrected chi connectivity index (χ0v) is 12.3. The van der Waals surface area contributed by atoms with Gasteiger partial charge in [-0.3, -0.25) is 9.59 Å². The highest BCUT2D eigenvalue weighted by Gasteiger charge is 2.49. The van der Waals surface area contributed by atoms with Gasteiger partial charge in [0.2, 0.25) is 23.3 Å². The number of hydrogen-bond acceptors (Lipinski definition) is 8. The molecule has 23 heavy (non-hydrogen) atoms. The molecule has 0 bridgehead atoms. The Hall–Kier alpha value is -2.28. The van der Waals surface area contributed by atoms with E-state index in [1.807, 2.05) is 0 Å². The van der Waals surface area contributed by atoms with Gasteiger partial charge in [0.05, 0.1) is 13.1 Å². The Balaban J connectivity index is 5.46. The van der Waals surface area contributed by atoms with Gasteiger partial charge < -0.3 is 42.5 Å². The summed E-state index contributed by atoms with van der Waals surface area (Å²) in [7, 11) is 0. The van der Waals surface area contributed by atoms with Gasteiger partial charge in [-0.25, -0.2) is 9.59 Å². The zero-order valence-electron chi connectivity index (χ0n) is 12.3. The highest BCUT2D eigenvalue weighted by Crippen LogP contribution is 2.24. The fraction of sp³-hybridized carbons (Fsp3) is 0.636. The van der Waals surface area contributed by atoms with E-state index in [-0.39, 0.29) is 0 Å². The summed E-state index contributed by atoms with van der Waals surface area (Å²) in [6.07, 6.45) is -0.943. The second-order valence-electron chi connectivity index (χ2n) is 4.85. The van der Waals surface area contributed by atoms with Gasteiger partial charge in [-0.15, -0.1) is 0 Å². The molecule has 12 heteroatoms. The summed E-state index contributed by atoms with van der Waals surface area (Å²) in [5.41, 5.74) is 4.20. The number of nitrogens with one attached hydrogen (secondary N) is 2. The van der Waals surface area contributed by atoms with Gasteiger partial charge in [0.1, 0.15) is 0 Å². The standard InChI is InChI=1S/C11H20N4O8/c1-5(11(23,9(20)21)15-7(17)4-13)2-10(22,8(18)19)14-6(16)3-12/h5,22-23H,2-4,12-13H2,1H3,(H,14,16)(H,15,17)(H,18,19)(H,20,21). The molecule has 0 heterocycles. The van der Waals surface area contributed by atoms with Crippen LogP contribution in [0.4, 0.5) is 0 Å². The largest absolute Gasteiger partial charge is 0.478 e. The first-order chi connectivity index (χ1) is 10.4.